The largest absolute Gasteiger partial charge is 0.473 e. The van der Waals surface area contributed by atoms with E-state index in [-0.39, 0.29) is 10.5 Å². The average Bonchev–Trinajstić information content (AvgIpc) is 2.82. The van der Waals surface area contributed by atoms with E-state index in [4.69, 9.17) is 0 Å². The first kappa shape index (κ1) is 17.5. The van der Waals surface area contributed by atoms with Crippen LogP contribution < -0.4 is 5.43 Å². The third kappa shape index (κ3) is 4.59. The van der Waals surface area contributed by atoms with E-state index in [1.165, 1.54) is 5.01 Å². The van der Waals surface area contributed by atoms with Crippen LogP contribution >= 0.6 is 34.4 Å². The number of nitrogens with one attached hydrogen (secondary N) is 1. The fourth-order valence-electron chi connectivity index (χ4n) is 1.74. The van der Waals surface area contributed by atoms with Crippen LogP contribution in [0.5, 0.6) is 0 Å². The normalized spacial score (nSPS) is 20.7. The minimum atomic E-state index is -4.95. The summed E-state index contributed by atoms with van der Waals surface area (Å²) in [5.74, 6) is -2.08. The maximum Gasteiger partial charge on any atom is 0.473 e. The van der Waals surface area contributed by atoms with Crippen molar-refractivity contribution < 1.29 is 18.0 Å². The SMILES string of the molecule is CCC1NN(Cc2ccc(I)cc2)C(=NC(=O)C(F)(F)F)S1. The number of nitrogens with zero attached hydrogens (tertiary/aromatic N) is 2. The highest BCUT2D eigenvalue weighted by molar-refractivity contribution is 14.1. The van der Waals surface area contributed by atoms with Crippen molar-refractivity contribution in [2.45, 2.75) is 31.4 Å². The molecule has 1 fully saturated rings. The summed E-state index contributed by atoms with van der Waals surface area (Å²) in [6.07, 6.45) is -4.25. The van der Waals surface area contributed by atoms with Gasteiger partial charge in [0.05, 0.1) is 11.9 Å². The zero-order chi connectivity index (χ0) is 16.3. The van der Waals surface area contributed by atoms with Crippen LogP contribution in [0, 0.1) is 3.57 Å². The first-order chi connectivity index (χ1) is 10.3. The number of carbonyl (C=O) groups excluding carboxylic acids is 1. The van der Waals surface area contributed by atoms with Gasteiger partial charge in [-0.3, -0.25) is 9.80 Å². The van der Waals surface area contributed by atoms with Crippen LogP contribution in [-0.2, 0) is 11.3 Å². The van der Waals surface area contributed by atoms with Gasteiger partial charge in [-0.25, -0.2) is 5.43 Å². The van der Waals surface area contributed by atoms with Gasteiger partial charge in [-0.05, 0) is 46.7 Å². The van der Waals surface area contributed by atoms with E-state index in [0.717, 1.165) is 20.9 Å². The van der Waals surface area contributed by atoms with Crippen LogP contribution in [0.1, 0.15) is 18.9 Å². The number of carbonyl (C=O) groups is 1. The Balaban J connectivity index is 2.17. The lowest BCUT2D eigenvalue weighted by atomic mass is 10.2. The average molecular weight is 443 g/mol. The minimum Gasteiger partial charge on any atom is -0.281 e. The van der Waals surface area contributed by atoms with Gasteiger partial charge in [0.1, 0.15) is 0 Å². The summed E-state index contributed by atoms with van der Waals surface area (Å²) in [5.41, 5.74) is 3.97. The number of hydrazine groups is 1. The molecule has 1 heterocycles. The lowest BCUT2D eigenvalue weighted by molar-refractivity contribution is -0.169. The summed E-state index contributed by atoms with van der Waals surface area (Å²) in [6, 6.07) is 7.59. The van der Waals surface area contributed by atoms with Crippen molar-refractivity contribution in [3.8, 4) is 0 Å². The molecule has 2 rings (SSSR count). The van der Waals surface area contributed by atoms with Gasteiger partial charge >= 0.3 is 12.1 Å². The Morgan fingerprint density at radius 3 is 2.59 bits per heavy atom. The number of thioether (sulfide) groups is 1. The molecular formula is C13H13F3IN3OS. The first-order valence-corrected chi connectivity index (χ1v) is 8.40. The Morgan fingerprint density at radius 2 is 2.05 bits per heavy atom. The van der Waals surface area contributed by atoms with Crippen LogP contribution in [0.25, 0.3) is 0 Å². The van der Waals surface area contributed by atoms with Gasteiger partial charge in [0.2, 0.25) is 0 Å². The Kier molecular flexibility index (Phi) is 5.72. The Hall–Kier alpha value is -0.810. The van der Waals surface area contributed by atoms with Crippen LogP contribution in [0.4, 0.5) is 13.2 Å². The van der Waals surface area contributed by atoms with E-state index >= 15 is 0 Å². The predicted molar refractivity (Wildman–Crippen MR) is 88.0 cm³/mol. The summed E-state index contributed by atoms with van der Waals surface area (Å²) < 4.78 is 38.2. The zero-order valence-electron chi connectivity index (χ0n) is 11.5. The molecule has 1 N–H and O–H groups in total. The number of alkyl halides is 3. The zero-order valence-corrected chi connectivity index (χ0v) is 14.5. The molecule has 0 aliphatic carbocycles. The number of benzene rings is 1. The number of rotatable bonds is 3. The molecule has 0 saturated carbocycles. The van der Waals surface area contributed by atoms with E-state index in [9.17, 15) is 18.0 Å². The molecule has 1 aromatic carbocycles. The number of aliphatic imine (C=N–C) groups is 1. The van der Waals surface area contributed by atoms with Crippen molar-refractivity contribution >= 4 is 45.4 Å². The molecule has 1 aliphatic heterocycles. The fourth-order valence-corrected chi connectivity index (χ4v) is 3.08. The smallest absolute Gasteiger partial charge is 0.281 e. The standard InChI is InChI=1S/C13H13F3IN3OS/c1-2-10-19-20(7-8-3-5-9(17)6-4-8)12(22-10)18-11(21)13(14,15)16/h3-6,10,19H,2,7H2,1H3. The maximum atomic E-state index is 12.4. The molecule has 120 valence electrons. The molecule has 1 saturated heterocycles. The van der Waals surface area contributed by atoms with E-state index in [0.29, 0.717) is 13.0 Å². The highest BCUT2D eigenvalue weighted by atomic mass is 127. The molecular weight excluding hydrogens is 430 g/mol. The second-order valence-electron chi connectivity index (χ2n) is 4.55. The number of amides is 1. The minimum absolute atomic E-state index is 0.0488. The van der Waals surface area contributed by atoms with Crippen LogP contribution in [0.15, 0.2) is 29.3 Å². The van der Waals surface area contributed by atoms with E-state index in [2.05, 4.69) is 33.0 Å². The van der Waals surface area contributed by atoms with Crippen molar-refractivity contribution in [2.24, 2.45) is 4.99 Å². The topological polar surface area (TPSA) is 44.7 Å². The third-order valence-corrected chi connectivity index (χ3v) is 4.81. The van der Waals surface area contributed by atoms with Crippen molar-refractivity contribution in [1.29, 1.82) is 0 Å². The number of hydrogen-bond donors (Lipinski definition) is 1. The molecule has 1 aromatic rings. The quantitative estimate of drug-likeness (QED) is 0.727. The second kappa shape index (κ2) is 7.18. The highest BCUT2D eigenvalue weighted by Crippen LogP contribution is 2.27. The Morgan fingerprint density at radius 1 is 1.41 bits per heavy atom. The van der Waals surface area contributed by atoms with Gasteiger partial charge in [-0.15, -0.1) is 0 Å². The Labute approximate surface area is 143 Å². The summed E-state index contributed by atoms with van der Waals surface area (Å²) in [7, 11) is 0. The van der Waals surface area contributed by atoms with Crippen molar-refractivity contribution in [3.05, 3.63) is 33.4 Å². The number of hydrogen-bond acceptors (Lipinski definition) is 3. The molecule has 0 aromatic heterocycles. The predicted octanol–water partition coefficient (Wildman–Crippen LogP) is 3.53. The van der Waals surface area contributed by atoms with Crippen LogP contribution in [0.3, 0.4) is 0 Å². The summed E-state index contributed by atoms with van der Waals surface area (Å²) in [6.45, 7) is 2.24. The van der Waals surface area contributed by atoms with Gasteiger partial charge in [-0.2, -0.15) is 18.2 Å². The summed E-state index contributed by atoms with van der Waals surface area (Å²) in [4.78, 5) is 14.3. The highest BCUT2D eigenvalue weighted by Gasteiger charge is 2.40. The van der Waals surface area contributed by atoms with E-state index < -0.39 is 12.1 Å². The van der Waals surface area contributed by atoms with Crippen molar-refractivity contribution in [1.82, 2.24) is 10.4 Å². The fraction of sp³-hybridized carbons (Fsp3) is 0.385. The molecule has 0 radical (unpaired) electrons. The summed E-state index contributed by atoms with van der Waals surface area (Å²) in [5, 5.41) is 1.45. The molecule has 0 spiro atoms. The van der Waals surface area contributed by atoms with Crippen molar-refractivity contribution in [3.63, 3.8) is 0 Å². The molecule has 4 nitrogen and oxygen atoms in total. The lowest BCUT2D eigenvalue weighted by Crippen LogP contribution is -2.37. The summed E-state index contributed by atoms with van der Waals surface area (Å²) >= 11 is 3.30. The van der Waals surface area contributed by atoms with Crippen LogP contribution in [-0.4, -0.2) is 27.6 Å². The third-order valence-electron chi connectivity index (χ3n) is 2.84. The van der Waals surface area contributed by atoms with Crippen LogP contribution in [0.2, 0.25) is 0 Å². The Bertz CT molecular complexity index is 577. The molecule has 9 heteroatoms. The molecule has 1 atom stereocenters. The molecule has 1 amide bonds. The van der Waals surface area contributed by atoms with E-state index in [1.54, 1.807) is 0 Å². The van der Waals surface area contributed by atoms with E-state index in [1.807, 2.05) is 31.2 Å². The monoisotopic (exact) mass is 443 g/mol. The number of amidine groups is 1. The lowest BCUT2D eigenvalue weighted by Gasteiger charge is -2.18. The first-order valence-electron chi connectivity index (χ1n) is 6.44. The van der Waals surface area contributed by atoms with Gasteiger partial charge in [0.25, 0.3) is 0 Å². The van der Waals surface area contributed by atoms with Gasteiger partial charge < -0.3 is 0 Å². The molecule has 1 aliphatic rings. The van der Waals surface area contributed by atoms with Crippen molar-refractivity contribution in [2.75, 3.05) is 0 Å². The van der Waals surface area contributed by atoms with Gasteiger partial charge in [0, 0.05) is 3.57 Å². The molecule has 22 heavy (non-hydrogen) atoms. The van der Waals surface area contributed by atoms with Gasteiger partial charge in [0.15, 0.2) is 5.17 Å². The number of halogens is 4. The second-order valence-corrected chi connectivity index (χ2v) is 6.97. The molecule has 0 bridgehead atoms. The van der Waals surface area contributed by atoms with Gasteiger partial charge in [-0.1, -0.05) is 30.8 Å². The maximum absolute atomic E-state index is 12.4. The molecule has 1 unspecified atom stereocenters.